The van der Waals surface area contributed by atoms with Crippen molar-refractivity contribution in [3.63, 3.8) is 0 Å². The number of benzene rings is 3. The number of anilines is 1. The summed E-state index contributed by atoms with van der Waals surface area (Å²) in [5, 5.41) is 3.95. The first-order valence-corrected chi connectivity index (χ1v) is 12.8. The van der Waals surface area contributed by atoms with Crippen molar-refractivity contribution in [2.24, 2.45) is 5.92 Å². The summed E-state index contributed by atoms with van der Waals surface area (Å²) in [5.41, 5.74) is 5.15. The van der Waals surface area contributed by atoms with Gasteiger partial charge in [-0.3, -0.25) is 0 Å². The molecule has 0 aromatic heterocycles. The molecule has 4 rings (SSSR count). The Labute approximate surface area is 211 Å². The van der Waals surface area contributed by atoms with Crippen molar-refractivity contribution in [3.05, 3.63) is 95.6 Å². The smallest absolute Gasteiger partial charge is 0.142 e. The molecule has 0 saturated carbocycles. The first-order chi connectivity index (χ1) is 17.0. The molecular weight excluding hydrogens is 432 g/mol. The van der Waals surface area contributed by atoms with Crippen LogP contribution in [0.25, 0.3) is 0 Å². The molecule has 35 heavy (non-hydrogen) atoms. The Hall–Kier alpha value is -2.82. The van der Waals surface area contributed by atoms with Gasteiger partial charge in [0.15, 0.2) is 0 Å². The molecule has 3 aromatic carbocycles. The van der Waals surface area contributed by atoms with Gasteiger partial charge in [-0.05, 0) is 47.1 Å². The normalized spacial score (nSPS) is 19.9. The molecular formula is C31H40N2O2. The molecule has 3 unspecified atom stereocenters. The number of ether oxygens (including phenoxy) is 2. The van der Waals surface area contributed by atoms with Crippen LogP contribution in [0.3, 0.4) is 0 Å². The van der Waals surface area contributed by atoms with Gasteiger partial charge in [-0.15, -0.1) is 0 Å². The molecule has 0 radical (unpaired) electrons. The van der Waals surface area contributed by atoms with Crippen LogP contribution in [0.4, 0.5) is 5.69 Å². The zero-order valence-corrected chi connectivity index (χ0v) is 21.8. The molecule has 1 aliphatic heterocycles. The highest BCUT2D eigenvalue weighted by atomic mass is 16.5. The first-order valence-electron chi connectivity index (χ1n) is 12.8. The quantitative estimate of drug-likeness (QED) is 0.388. The van der Waals surface area contributed by atoms with Crippen molar-refractivity contribution in [1.82, 2.24) is 5.32 Å². The highest BCUT2D eigenvalue weighted by molar-refractivity contribution is 5.61. The first kappa shape index (κ1) is 25.3. The highest BCUT2D eigenvalue weighted by Gasteiger charge is 2.43. The fourth-order valence-corrected chi connectivity index (χ4v) is 5.67. The molecule has 3 atom stereocenters. The van der Waals surface area contributed by atoms with Gasteiger partial charge in [0.1, 0.15) is 5.75 Å². The predicted octanol–water partition coefficient (Wildman–Crippen LogP) is 6.08. The van der Waals surface area contributed by atoms with Gasteiger partial charge in [-0.25, -0.2) is 0 Å². The van der Waals surface area contributed by atoms with Crippen molar-refractivity contribution in [2.75, 3.05) is 39.3 Å². The van der Waals surface area contributed by atoms with Crippen LogP contribution in [0.5, 0.6) is 5.75 Å². The lowest BCUT2D eigenvalue weighted by Crippen LogP contribution is -2.48. The van der Waals surface area contributed by atoms with Crippen molar-refractivity contribution < 1.29 is 9.47 Å². The SMILES string of the molecule is COCCC1CNC(C(c2ccccc2)c2ccccc2)C1N(C)c1cc(C(C)C)ccc1OC. The second-order valence-electron chi connectivity index (χ2n) is 9.96. The molecule has 0 bridgehead atoms. The Bertz CT molecular complexity index is 1010. The van der Waals surface area contributed by atoms with E-state index in [9.17, 15) is 0 Å². The van der Waals surface area contributed by atoms with Crippen molar-refractivity contribution in [2.45, 2.75) is 44.2 Å². The van der Waals surface area contributed by atoms with E-state index in [1.165, 1.54) is 16.7 Å². The molecule has 1 heterocycles. The van der Waals surface area contributed by atoms with Crippen molar-refractivity contribution in [3.8, 4) is 5.75 Å². The Morgan fingerprint density at radius 1 is 0.886 bits per heavy atom. The fourth-order valence-electron chi connectivity index (χ4n) is 5.67. The van der Waals surface area contributed by atoms with E-state index < -0.39 is 0 Å². The van der Waals surface area contributed by atoms with Gasteiger partial charge >= 0.3 is 0 Å². The number of likely N-dealkylation sites (N-methyl/N-ethyl adjacent to an activating group) is 1. The van der Waals surface area contributed by atoms with E-state index in [4.69, 9.17) is 9.47 Å². The van der Waals surface area contributed by atoms with Gasteiger partial charge in [0.25, 0.3) is 0 Å². The molecule has 1 fully saturated rings. The van der Waals surface area contributed by atoms with Crippen LogP contribution in [-0.2, 0) is 4.74 Å². The van der Waals surface area contributed by atoms with Crippen molar-refractivity contribution >= 4 is 5.69 Å². The molecule has 4 nitrogen and oxygen atoms in total. The van der Waals surface area contributed by atoms with E-state index in [1.54, 1.807) is 14.2 Å². The molecule has 3 aromatic rings. The zero-order chi connectivity index (χ0) is 24.8. The largest absolute Gasteiger partial charge is 0.495 e. The zero-order valence-electron chi connectivity index (χ0n) is 21.8. The third kappa shape index (κ3) is 5.55. The van der Waals surface area contributed by atoms with Crippen LogP contribution in [0, 0.1) is 5.92 Å². The summed E-state index contributed by atoms with van der Waals surface area (Å²) in [6.45, 7) is 6.21. The number of methoxy groups -OCH3 is 2. The predicted molar refractivity (Wildman–Crippen MR) is 146 cm³/mol. The molecule has 0 amide bonds. The third-order valence-electron chi connectivity index (χ3n) is 7.53. The van der Waals surface area contributed by atoms with E-state index in [-0.39, 0.29) is 18.0 Å². The van der Waals surface area contributed by atoms with E-state index in [0.717, 1.165) is 31.0 Å². The summed E-state index contributed by atoms with van der Waals surface area (Å²) >= 11 is 0. The van der Waals surface area contributed by atoms with Crippen LogP contribution < -0.4 is 15.0 Å². The minimum absolute atomic E-state index is 0.233. The maximum absolute atomic E-state index is 5.86. The standard InChI is InChI=1S/C31H40N2O2/c1-22(2)25-16-17-28(35-5)27(20-25)33(3)31-26(18-19-34-4)21-32-30(31)29(23-12-8-6-9-13-23)24-14-10-7-11-15-24/h6-17,20,22,26,29-32H,18-19,21H2,1-5H3. The maximum Gasteiger partial charge on any atom is 0.142 e. The summed E-state index contributed by atoms with van der Waals surface area (Å²) < 4.78 is 11.4. The maximum atomic E-state index is 5.86. The summed E-state index contributed by atoms with van der Waals surface area (Å²) in [5.74, 6) is 2.06. The number of nitrogens with zero attached hydrogens (tertiary/aromatic N) is 1. The Morgan fingerprint density at radius 3 is 2.06 bits per heavy atom. The molecule has 1 N–H and O–H groups in total. The third-order valence-corrected chi connectivity index (χ3v) is 7.53. The Morgan fingerprint density at radius 2 is 1.51 bits per heavy atom. The van der Waals surface area contributed by atoms with E-state index in [1.807, 2.05) is 0 Å². The summed E-state index contributed by atoms with van der Waals surface area (Å²) in [4.78, 5) is 2.47. The monoisotopic (exact) mass is 472 g/mol. The number of hydrogen-bond acceptors (Lipinski definition) is 4. The average Bonchev–Trinajstić information content (AvgIpc) is 3.31. The van der Waals surface area contributed by atoms with E-state index in [2.05, 4.69) is 110 Å². The number of rotatable bonds is 10. The lowest BCUT2D eigenvalue weighted by molar-refractivity contribution is 0.175. The van der Waals surface area contributed by atoms with Gasteiger partial charge in [-0.2, -0.15) is 0 Å². The van der Waals surface area contributed by atoms with Crippen LogP contribution in [0.2, 0.25) is 0 Å². The lowest BCUT2D eigenvalue weighted by atomic mass is 9.79. The fraction of sp³-hybridized carbons (Fsp3) is 0.419. The minimum atomic E-state index is 0.233. The van der Waals surface area contributed by atoms with Crippen molar-refractivity contribution in [1.29, 1.82) is 0 Å². The average molecular weight is 473 g/mol. The number of nitrogens with one attached hydrogen (secondary N) is 1. The summed E-state index contributed by atoms with van der Waals surface area (Å²) in [6, 6.07) is 29.0. The van der Waals surface area contributed by atoms with Crippen LogP contribution >= 0.6 is 0 Å². The summed E-state index contributed by atoms with van der Waals surface area (Å²) in [6.07, 6.45) is 1.01. The minimum Gasteiger partial charge on any atom is -0.495 e. The van der Waals surface area contributed by atoms with Gasteiger partial charge in [0.05, 0.1) is 12.8 Å². The molecule has 0 spiro atoms. The molecule has 0 aliphatic carbocycles. The van der Waals surface area contributed by atoms with Gasteiger partial charge < -0.3 is 19.7 Å². The summed E-state index contributed by atoms with van der Waals surface area (Å²) in [7, 11) is 5.80. The highest BCUT2D eigenvalue weighted by Crippen LogP contribution is 2.41. The van der Waals surface area contributed by atoms with Crippen LogP contribution in [0.1, 0.15) is 48.8 Å². The molecule has 1 saturated heterocycles. The second kappa shape index (κ2) is 11.7. The molecule has 4 heteroatoms. The Kier molecular flexibility index (Phi) is 8.48. The van der Waals surface area contributed by atoms with Crippen LogP contribution in [0.15, 0.2) is 78.9 Å². The van der Waals surface area contributed by atoms with Crippen LogP contribution in [-0.4, -0.2) is 46.5 Å². The van der Waals surface area contributed by atoms with E-state index in [0.29, 0.717) is 11.8 Å². The molecule has 1 aliphatic rings. The number of hydrogen-bond donors (Lipinski definition) is 1. The van der Waals surface area contributed by atoms with Gasteiger partial charge in [-0.1, -0.05) is 80.6 Å². The topological polar surface area (TPSA) is 33.7 Å². The molecule has 186 valence electrons. The van der Waals surface area contributed by atoms with Gasteiger partial charge in [0, 0.05) is 45.3 Å². The van der Waals surface area contributed by atoms with E-state index >= 15 is 0 Å². The lowest BCUT2D eigenvalue weighted by Gasteiger charge is -2.39. The Balaban J connectivity index is 1.80. The van der Waals surface area contributed by atoms with Gasteiger partial charge in [0.2, 0.25) is 0 Å². The second-order valence-corrected chi connectivity index (χ2v) is 9.96.